The summed E-state index contributed by atoms with van der Waals surface area (Å²) in [5.74, 6) is -0.821. The molecule has 0 radical (unpaired) electrons. The first kappa shape index (κ1) is 20.7. The molecule has 0 aliphatic heterocycles. The van der Waals surface area contributed by atoms with Crippen LogP contribution >= 0.6 is 0 Å². The Kier molecular flexibility index (Phi) is 6.17. The third-order valence-electron chi connectivity index (χ3n) is 4.82. The average Bonchev–Trinajstić information content (AvgIpc) is 3.35. The summed E-state index contributed by atoms with van der Waals surface area (Å²) in [4.78, 5) is 23.8. The molecule has 2 N–H and O–H groups in total. The van der Waals surface area contributed by atoms with Crippen molar-refractivity contribution >= 4 is 18.1 Å². The molecular weight excluding hydrogens is 404 g/mol. The van der Waals surface area contributed by atoms with Crippen molar-refractivity contribution in [1.29, 1.82) is 0 Å². The second kappa shape index (κ2) is 9.53. The Labute approximate surface area is 184 Å². The number of rotatable bonds is 6. The molecule has 1 heterocycles. The number of hydrogen-bond donors (Lipinski definition) is 2. The number of benzene rings is 3. The van der Waals surface area contributed by atoms with Gasteiger partial charge >= 0.3 is 5.97 Å². The van der Waals surface area contributed by atoms with Crippen LogP contribution in [0.3, 0.4) is 0 Å². The number of H-pyrrole nitrogens is 1. The molecule has 0 spiro atoms. The van der Waals surface area contributed by atoms with Gasteiger partial charge in [-0.1, -0.05) is 66.7 Å². The van der Waals surface area contributed by atoms with Crippen LogP contribution in [0.25, 0.3) is 22.4 Å². The average molecular weight is 424 g/mol. The maximum Gasteiger partial charge on any atom is 0.337 e. The molecule has 0 aliphatic rings. The lowest BCUT2D eigenvalue weighted by Gasteiger charge is -2.02. The molecule has 0 fully saturated rings. The second-order valence-corrected chi connectivity index (χ2v) is 6.92. The maximum atomic E-state index is 12.3. The standard InChI is InChI=1S/C25H20N4O3/c1-32-25(31)21-9-7-17(8-10-21)16-26-29-24(30)23-15-22(27-28-23)20-13-11-19(12-14-20)18-5-3-2-4-6-18/h2-16H,1H3,(H,27,28)(H,29,30)/b26-16+. The van der Waals surface area contributed by atoms with Crippen molar-refractivity contribution in [2.75, 3.05) is 7.11 Å². The van der Waals surface area contributed by atoms with E-state index in [9.17, 15) is 9.59 Å². The first-order valence-corrected chi connectivity index (χ1v) is 9.87. The molecule has 0 saturated carbocycles. The summed E-state index contributed by atoms with van der Waals surface area (Å²) < 4.78 is 4.66. The van der Waals surface area contributed by atoms with Crippen molar-refractivity contribution in [3.05, 3.63) is 102 Å². The largest absolute Gasteiger partial charge is 0.465 e. The van der Waals surface area contributed by atoms with E-state index in [2.05, 4.69) is 37.6 Å². The Morgan fingerprint density at radius 1 is 0.906 bits per heavy atom. The molecular formula is C25H20N4O3. The third-order valence-corrected chi connectivity index (χ3v) is 4.82. The lowest BCUT2D eigenvalue weighted by atomic mass is 10.0. The highest BCUT2D eigenvalue weighted by atomic mass is 16.5. The minimum atomic E-state index is -0.411. The van der Waals surface area contributed by atoms with Gasteiger partial charge in [0.1, 0.15) is 5.69 Å². The third kappa shape index (κ3) is 4.79. The van der Waals surface area contributed by atoms with Gasteiger partial charge in [-0.2, -0.15) is 10.2 Å². The fourth-order valence-electron chi connectivity index (χ4n) is 3.10. The summed E-state index contributed by atoms with van der Waals surface area (Å²) in [6, 6.07) is 26.4. The van der Waals surface area contributed by atoms with Crippen LogP contribution in [0, 0.1) is 0 Å². The molecule has 1 amide bonds. The smallest absolute Gasteiger partial charge is 0.337 e. The number of aromatic nitrogens is 2. The van der Waals surface area contributed by atoms with E-state index in [-0.39, 0.29) is 0 Å². The molecule has 7 nitrogen and oxygen atoms in total. The van der Waals surface area contributed by atoms with E-state index >= 15 is 0 Å². The number of hydrogen-bond acceptors (Lipinski definition) is 5. The van der Waals surface area contributed by atoms with E-state index in [0.29, 0.717) is 17.0 Å². The number of aromatic amines is 1. The van der Waals surface area contributed by atoms with Crippen molar-refractivity contribution in [2.45, 2.75) is 0 Å². The maximum absolute atomic E-state index is 12.3. The first-order chi connectivity index (χ1) is 15.6. The quantitative estimate of drug-likeness (QED) is 0.274. The number of amides is 1. The molecule has 7 heteroatoms. The lowest BCUT2D eigenvalue weighted by molar-refractivity contribution is 0.0600. The lowest BCUT2D eigenvalue weighted by Crippen LogP contribution is -2.18. The number of hydrazone groups is 1. The molecule has 0 atom stereocenters. The summed E-state index contributed by atoms with van der Waals surface area (Å²) in [5.41, 5.74) is 7.73. The predicted molar refractivity (Wildman–Crippen MR) is 122 cm³/mol. The van der Waals surface area contributed by atoms with Crippen LogP contribution in [0.4, 0.5) is 0 Å². The van der Waals surface area contributed by atoms with Gasteiger partial charge in [0.05, 0.1) is 24.6 Å². The van der Waals surface area contributed by atoms with Crippen LogP contribution in [-0.2, 0) is 4.74 Å². The minimum absolute atomic E-state index is 0.297. The molecule has 0 aliphatic carbocycles. The minimum Gasteiger partial charge on any atom is -0.465 e. The van der Waals surface area contributed by atoms with Gasteiger partial charge in [0.25, 0.3) is 5.91 Å². The number of ether oxygens (including phenoxy) is 1. The summed E-state index contributed by atoms with van der Waals surface area (Å²) in [5, 5.41) is 10.9. The fraction of sp³-hybridized carbons (Fsp3) is 0.0400. The summed E-state index contributed by atoms with van der Waals surface area (Å²) in [6.45, 7) is 0. The normalized spacial score (nSPS) is 10.8. The molecule has 32 heavy (non-hydrogen) atoms. The number of methoxy groups -OCH3 is 1. The Bertz CT molecular complexity index is 1240. The molecule has 158 valence electrons. The van der Waals surface area contributed by atoms with Crippen molar-refractivity contribution in [3.63, 3.8) is 0 Å². The van der Waals surface area contributed by atoms with Crippen LogP contribution in [0.5, 0.6) is 0 Å². The summed E-state index contributed by atoms with van der Waals surface area (Å²) >= 11 is 0. The molecule has 4 aromatic rings. The fourth-order valence-corrected chi connectivity index (χ4v) is 3.10. The Hall–Kier alpha value is -4.52. The van der Waals surface area contributed by atoms with Gasteiger partial charge in [-0.15, -0.1) is 0 Å². The highest BCUT2D eigenvalue weighted by Gasteiger charge is 2.11. The molecule has 4 rings (SSSR count). The van der Waals surface area contributed by atoms with Gasteiger partial charge in [-0.05, 0) is 34.9 Å². The van der Waals surface area contributed by atoms with Gasteiger partial charge in [0.2, 0.25) is 0 Å². The Morgan fingerprint density at radius 2 is 1.56 bits per heavy atom. The van der Waals surface area contributed by atoms with Crippen molar-refractivity contribution in [1.82, 2.24) is 15.6 Å². The predicted octanol–water partition coefficient (Wildman–Crippen LogP) is 4.29. The number of nitrogens with zero attached hydrogens (tertiary/aromatic N) is 2. The highest BCUT2D eigenvalue weighted by molar-refractivity contribution is 5.94. The zero-order valence-corrected chi connectivity index (χ0v) is 17.3. The summed E-state index contributed by atoms with van der Waals surface area (Å²) in [7, 11) is 1.33. The van der Waals surface area contributed by atoms with E-state index in [1.807, 2.05) is 42.5 Å². The van der Waals surface area contributed by atoms with Crippen molar-refractivity contribution in [2.24, 2.45) is 5.10 Å². The zero-order valence-electron chi connectivity index (χ0n) is 17.3. The van der Waals surface area contributed by atoms with E-state index < -0.39 is 11.9 Å². The van der Waals surface area contributed by atoms with Crippen LogP contribution in [0.15, 0.2) is 90.0 Å². The topological polar surface area (TPSA) is 96.4 Å². The number of esters is 1. The van der Waals surface area contributed by atoms with Crippen LogP contribution in [0.2, 0.25) is 0 Å². The molecule has 3 aromatic carbocycles. The van der Waals surface area contributed by atoms with Gasteiger partial charge < -0.3 is 4.74 Å². The van der Waals surface area contributed by atoms with Crippen LogP contribution < -0.4 is 5.43 Å². The van der Waals surface area contributed by atoms with Gasteiger partial charge in [-0.3, -0.25) is 9.89 Å². The Morgan fingerprint density at radius 3 is 2.25 bits per heavy atom. The first-order valence-electron chi connectivity index (χ1n) is 9.87. The Balaban J connectivity index is 1.38. The van der Waals surface area contributed by atoms with Crippen LogP contribution in [-0.4, -0.2) is 35.4 Å². The van der Waals surface area contributed by atoms with Gasteiger partial charge in [0.15, 0.2) is 0 Å². The van der Waals surface area contributed by atoms with Gasteiger partial charge in [-0.25, -0.2) is 10.2 Å². The van der Waals surface area contributed by atoms with Crippen molar-refractivity contribution in [3.8, 4) is 22.4 Å². The number of carbonyl (C=O) groups excluding carboxylic acids is 2. The van der Waals surface area contributed by atoms with Crippen LogP contribution in [0.1, 0.15) is 26.4 Å². The number of carbonyl (C=O) groups is 2. The van der Waals surface area contributed by atoms with E-state index in [4.69, 9.17) is 0 Å². The molecule has 0 saturated heterocycles. The number of nitrogens with one attached hydrogen (secondary N) is 2. The SMILES string of the molecule is COC(=O)c1ccc(/C=N/NC(=O)c2cc(-c3ccc(-c4ccccc4)cc3)n[nH]2)cc1. The van der Waals surface area contributed by atoms with E-state index in [1.54, 1.807) is 30.3 Å². The molecule has 0 unspecified atom stereocenters. The monoisotopic (exact) mass is 424 g/mol. The van der Waals surface area contributed by atoms with E-state index in [0.717, 1.165) is 22.3 Å². The highest BCUT2D eigenvalue weighted by Crippen LogP contribution is 2.24. The summed E-state index contributed by atoms with van der Waals surface area (Å²) in [6.07, 6.45) is 1.48. The van der Waals surface area contributed by atoms with Gasteiger partial charge in [0, 0.05) is 5.56 Å². The zero-order chi connectivity index (χ0) is 22.3. The molecule has 0 bridgehead atoms. The van der Waals surface area contributed by atoms with Crippen molar-refractivity contribution < 1.29 is 14.3 Å². The molecule has 1 aromatic heterocycles. The second-order valence-electron chi connectivity index (χ2n) is 6.92. The van der Waals surface area contributed by atoms with E-state index in [1.165, 1.54) is 13.3 Å².